The first-order valence-corrected chi connectivity index (χ1v) is 6.58. The fourth-order valence-corrected chi connectivity index (χ4v) is 2.38. The molecule has 1 saturated heterocycles. The van der Waals surface area contributed by atoms with Crippen molar-refractivity contribution in [2.45, 2.75) is 46.2 Å². The van der Waals surface area contributed by atoms with Crippen molar-refractivity contribution in [2.75, 3.05) is 19.7 Å². The van der Waals surface area contributed by atoms with E-state index in [0.717, 1.165) is 19.3 Å². The molecule has 1 heterocycles. The molecular formula is C13H22F3NO2. The Morgan fingerprint density at radius 3 is 2.37 bits per heavy atom. The lowest BCUT2D eigenvalue weighted by Crippen LogP contribution is -2.35. The Hall–Kier alpha value is -0.940. The molecule has 1 amide bonds. The molecule has 0 aromatic heterocycles. The molecular weight excluding hydrogens is 259 g/mol. The van der Waals surface area contributed by atoms with Crippen LogP contribution in [-0.2, 0) is 4.74 Å². The summed E-state index contributed by atoms with van der Waals surface area (Å²) in [5.74, 6) is 0.480. The normalized spacial score (nSPS) is 22.0. The second-order valence-electron chi connectivity index (χ2n) is 6.15. The maximum absolute atomic E-state index is 12.0. The van der Waals surface area contributed by atoms with Crippen molar-refractivity contribution in [3.63, 3.8) is 0 Å². The first kappa shape index (κ1) is 16.1. The van der Waals surface area contributed by atoms with E-state index < -0.39 is 18.9 Å². The van der Waals surface area contributed by atoms with Gasteiger partial charge in [0.25, 0.3) is 0 Å². The molecule has 1 aliphatic rings. The van der Waals surface area contributed by atoms with E-state index in [4.69, 9.17) is 0 Å². The van der Waals surface area contributed by atoms with Crippen LogP contribution in [0.4, 0.5) is 18.0 Å². The number of hydrogen-bond donors (Lipinski definition) is 0. The zero-order valence-corrected chi connectivity index (χ0v) is 11.7. The molecule has 0 aliphatic carbocycles. The lowest BCUT2D eigenvalue weighted by atomic mass is 9.77. The highest BCUT2D eigenvalue weighted by atomic mass is 19.4. The molecule has 1 rings (SSSR count). The van der Waals surface area contributed by atoms with E-state index in [1.165, 1.54) is 4.90 Å². The maximum Gasteiger partial charge on any atom is 0.422 e. The Kier molecular flexibility index (Phi) is 5.10. The van der Waals surface area contributed by atoms with Crippen molar-refractivity contribution in [3.8, 4) is 0 Å². The molecule has 0 aromatic rings. The van der Waals surface area contributed by atoms with Crippen molar-refractivity contribution in [3.05, 3.63) is 0 Å². The number of carbonyl (C=O) groups excluding carboxylic acids is 1. The van der Waals surface area contributed by atoms with Crippen LogP contribution in [0.5, 0.6) is 0 Å². The second-order valence-corrected chi connectivity index (χ2v) is 6.15. The monoisotopic (exact) mass is 281 g/mol. The first-order chi connectivity index (χ1) is 8.59. The molecule has 1 atom stereocenters. The van der Waals surface area contributed by atoms with Crippen LogP contribution in [0, 0.1) is 11.3 Å². The minimum absolute atomic E-state index is 0.159. The van der Waals surface area contributed by atoms with Crippen LogP contribution in [0.3, 0.4) is 0 Å². The molecule has 0 bridgehead atoms. The Morgan fingerprint density at radius 1 is 1.21 bits per heavy atom. The summed E-state index contributed by atoms with van der Waals surface area (Å²) in [5.41, 5.74) is 0.159. The van der Waals surface area contributed by atoms with E-state index in [2.05, 4.69) is 25.5 Å². The van der Waals surface area contributed by atoms with Gasteiger partial charge in [-0.2, -0.15) is 13.2 Å². The summed E-state index contributed by atoms with van der Waals surface area (Å²) in [4.78, 5) is 12.9. The Balaban J connectivity index is 2.46. The van der Waals surface area contributed by atoms with Crippen LogP contribution in [-0.4, -0.2) is 36.9 Å². The molecule has 0 aromatic carbocycles. The third-order valence-electron chi connectivity index (χ3n) is 3.57. The second kappa shape index (κ2) is 6.01. The van der Waals surface area contributed by atoms with E-state index in [0.29, 0.717) is 19.0 Å². The van der Waals surface area contributed by atoms with Crippen LogP contribution in [0.15, 0.2) is 0 Å². The fourth-order valence-electron chi connectivity index (χ4n) is 2.38. The summed E-state index contributed by atoms with van der Waals surface area (Å²) in [6.07, 6.45) is -2.71. The average Bonchev–Trinajstić information content (AvgIpc) is 2.49. The molecule has 1 aliphatic heterocycles. The zero-order chi connectivity index (χ0) is 14.7. The summed E-state index contributed by atoms with van der Waals surface area (Å²) < 4.78 is 40.2. The van der Waals surface area contributed by atoms with Crippen molar-refractivity contribution in [2.24, 2.45) is 11.3 Å². The standard InChI is InChI=1S/C13H22F3NO2/c1-12(2,3)10-5-4-7-17(8-6-10)11(18)19-9-13(14,15)16/h10H,4-9H2,1-3H3. The highest BCUT2D eigenvalue weighted by molar-refractivity contribution is 5.67. The highest BCUT2D eigenvalue weighted by Gasteiger charge is 2.32. The third-order valence-corrected chi connectivity index (χ3v) is 3.57. The molecule has 6 heteroatoms. The summed E-state index contributed by atoms with van der Waals surface area (Å²) in [7, 11) is 0. The van der Waals surface area contributed by atoms with Crippen LogP contribution in [0.1, 0.15) is 40.0 Å². The zero-order valence-electron chi connectivity index (χ0n) is 11.7. The van der Waals surface area contributed by atoms with Gasteiger partial charge in [0.05, 0.1) is 0 Å². The van der Waals surface area contributed by atoms with Gasteiger partial charge in [-0.25, -0.2) is 4.79 Å². The minimum atomic E-state index is -4.46. The summed E-state index contributed by atoms with van der Waals surface area (Å²) >= 11 is 0. The van der Waals surface area contributed by atoms with E-state index in [-0.39, 0.29) is 5.41 Å². The molecule has 0 saturated carbocycles. The topological polar surface area (TPSA) is 29.5 Å². The lowest BCUT2D eigenvalue weighted by molar-refractivity contribution is -0.162. The van der Waals surface area contributed by atoms with Gasteiger partial charge in [-0.15, -0.1) is 0 Å². The molecule has 19 heavy (non-hydrogen) atoms. The summed E-state index contributed by atoms with van der Waals surface area (Å²) in [6, 6.07) is 0. The molecule has 1 unspecified atom stereocenters. The van der Waals surface area contributed by atoms with E-state index in [1.54, 1.807) is 0 Å². The average molecular weight is 281 g/mol. The minimum Gasteiger partial charge on any atom is -0.440 e. The predicted octanol–water partition coefficient (Wildman–Crippen LogP) is 3.83. The van der Waals surface area contributed by atoms with Gasteiger partial charge in [0, 0.05) is 13.1 Å². The van der Waals surface area contributed by atoms with Crippen molar-refractivity contribution < 1.29 is 22.7 Å². The number of hydrogen-bond acceptors (Lipinski definition) is 2. The third kappa shape index (κ3) is 5.70. The maximum atomic E-state index is 12.0. The van der Waals surface area contributed by atoms with Crippen LogP contribution in [0.25, 0.3) is 0 Å². The molecule has 3 nitrogen and oxygen atoms in total. The number of ether oxygens (including phenoxy) is 1. The smallest absolute Gasteiger partial charge is 0.422 e. The predicted molar refractivity (Wildman–Crippen MR) is 65.8 cm³/mol. The van der Waals surface area contributed by atoms with Crippen molar-refractivity contribution in [1.82, 2.24) is 4.90 Å². The number of halogens is 3. The van der Waals surface area contributed by atoms with Gasteiger partial charge >= 0.3 is 12.3 Å². The summed E-state index contributed by atoms with van der Waals surface area (Å²) in [6.45, 7) is 5.88. The molecule has 0 N–H and O–H groups in total. The van der Waals surface area contributed by atoms with Crippen LogP contribution in [0.2, 0.25) is 0 Å². The van der Waals surface area contributed by atoms with E-state index >= 15 is 0 Å². The van der Waals surface area contributed by atoms with Crippen LogP contribution >= 0.6 is 0 Å². The Bertz CT molecular complexity index is 310. The Morgan fingerprint density at radius 2 is 1.84 bits per heavy atom. The van der Waals surface area contributed by atoms with Crippen LogP contribution < -0.4 is 0 Å². The summed E-state index contributed by atoms with van der Waals surface area (Å²) in [5, 5.41) is 0. The first-order valence-electron chi connectivity index (χ1n) is 6.58. The number of nitrogens with zero attached hydrogens (tertiary/aromatic N) is 1. The number of amides is 1. The van der Waals surface area contributed by atoms with Gasteiger partial charge in [0.2, 0.25) is 0 Å². The molecule has 1 fully saturated rings. The van der Waals surface area contributed by atoms with Gasteiger partial charge in [-0.1, -0.05) is 20.8 Å². The van der Waals surface area contributed by atoms with E-state index in [9.17, 15) is 18.0 Å². The van der Waals surface area contributed by atoms with Gasteiger partial charge in [-0.05, 0) is 30.6 Å². The van der Waals surface area contributed by atoms with Crippen molar-refractivity contribution in [1.29, 1.82) is 0 Å². The van der Waals surface area contributed by atoms with E-state index in [1.807, 2.05) is 0 Å². The number of alkyl halides is 3. The Labute approximate surface area is 112 Å². The number of carbonyl (C=O) groups is 1. The van der Waals surface area contributed by atoms with Gasteiger partial charge < -0.3 is 9.64 Å². The van der Waals surface area contributed by atoms with Gasteiger partial charge in [-0.3, -0.25) is 0 Å². The molecule has 0 radical (unpaired) electrons. The van der Waals surface area contributed by atoms with Crippen molar-refractivity contribution >= 4 is 6.09 Å². The quantitative estimate of drug-likeness (QED) is 0.731. The number of rotatable bonds is 1. The van der Waals surface area contributed by atoms with Gasteiger partial charge in [0.15, 0.2) is 6.61 Å². The number of likely N-dealkylation sites (tertiary alicyclic amines) is 1. The molecule has 0 spiro atoms. The molecule has 112 valence electrons. The SMILES string of the molecule is CC(C)(C)C1CCCN(C(=O)OCC(F)(F)F)CC1. The highest BCUT2D eigenvalue weighted by Crippen LogP contribution is 2.34. The van der Waals surface area contributed by atoms with Gasteiger partial charge in [0.1, 0.15) is 0 Å². The largest absolute Gasteiger partial charge is 0.440 e. The fraction of sp³-hybridized carbons (Fsp3) is 0.923. The lowest BCUT2D eigenvalue weighted by Gasteiger charge is -2.29.